The monoisotopic (exact) mass is 218 g/mol. The smallest absolute Gasteiger partial charge is 0.234 e. The predicted molar refractivity (Wildman–Crippen MR) is 63.8 cm³/mol. The minimum atomic E-state index is -0.128. The summed E-state index contributed by atoms with van der Waals surface area (Å²) in [7, 11) is 0. The summed E-state index contributed by atoms with van der Waals surface area (Å²) in [6, 6.07) is 0. The lowest BCUT2D eigenvalue weighted by atomic mass is 10.1. The van der Waals surface area contributed by atoms with Crippen LogP contribution in [0.15, 0.2) is 0 Å². The summed E-state index contributed by atoms with van der Waals surface area (Å²) < 4.78 is 0. The molecule has 0 aromatic heterocycles. The van der Waals surface area contributed by atoms with Crippen LogP contribution in [0.4, 0.5) is 0 Å². The third-order valence-corrected chi connectivity index (χ3v) is 2.33. The van der Waals surface area contributed by atoms with Crippen LogP contribution in [-0.4, -0.2) is 36.0 Å². The van der Waals surface area contributed by atoms with Crippen LogP contribution < -0.4 is 10.6 Å². The van der Waals surface area contributed by atoms with Gasteiger partial charge in [0.1, 0.15) is 0 Å². The van der Waals surface area contributed by atoms with E-state index >= 15 is 0 Å². The normalized spacial score (nSPS) is 11.4. The average molecular weight is 218 g/mol. The second kappa shape index (κ2) is 7.12. The largest absolute Gasteiger partial charge is 0.350 e. The van der Waals surface area contributed by atoms with Crippen LogP contribution in [0.5, 0.6) is 0 Å². The minimum absolute atomic E-state index is 0.0685. The first-order valence-corrected chi connectivity index (χ1v) is 6.20. The summed E-state index contributed by atoms with van der Waals surface area (Å²) in [4.78, 5) is 11.3. The number of rotatable bonds is 6. The van der Waals surface area contributed by atoms with Crippen molar-refractivity contribution in [1.29, 1.82) is 0 Å². The lowest BCUT2D eigenvalue weighted by Gasteiger charge is -2.20. The van der Waals surface area contributed by atoms with Gasteiger partial charge in [-0.15, -0.1) is 0 Å². The van der Waals surface area contributed by atoms with Gasteiger partial charge in [-0.25, -0.2) is 0 Å². The van der Waals surface area contributed by atoms with E-state index in [2.05, 4.69) is 17.6 Å². The van der Waals surface area contributed by atoms with E-state index in [0.717, 1.165) is 18.1 Å². The van der Waals surface area contributed by atoms with E-state index < -0.39 is 0 Å². The molecule has 0 saturated heterocycles. The van der Waals surface area contributed by atoms with Crippen LogP contribution in [0.1, 0.15) is 27.7 Å². The predicted octanol–water partition coefficient (Wildman–Crippen LogP) is 1.24. The van der Waals surface area contributed by atoms with Crippen molar-refractivity contribution in [3.05, 3.63) is 0 Å². The van der Waals surface area contributed by atoms with E-state index in [1.807, 2.05) is 32.5 Å². The lowest BCUT2D eigenvalue weighted by molar-refractivity contribution is -0.121. The molecule has 3 nitrogen and oxygen atoms in total. The highest BCUT2D eigenvalue weighted by Crippen LogP contribution is 1.97. The standard InChI is InChI=1S/C10H22N2OS/c1-5-14-7-6-11-8-9(13)12-10(2,3)4/h11H,5-8H2,1-4H3,(H,12,13). The van der Waals surface area contributed by atoms with E-state index in [4.69, 9.17) is 0 Å². The molecule has 0 heterocycles. The Labute approximate surface area is 91.4 Å². The molecule has 84 valence electrons. The number of amides is 1. The Kier molecular flexibility index (Phi) is 7.01. The molecule has 0 aliphatic heterocycles. The molecule has 0 bridgehead atoms. The average Bonchev–Trinajstić information content (AvgIpc) is 2.00. The first-order chi connectivity index (χ1) is 6.45. The van der Waals surface area contributed by atoms with Gasteiger partial charge in [-0.3, -0.25) is 4.79 Å². The molecule has 2 N–H and O–H groups in total. The molecule has 4 heteroatoms. The van der Waals surface area contributed by atoms with Gasteiger partial charge in [0.05, 0.1) is 6.54 Å². The molecule has 0 fully saturated rings. The first-order valence-electron chi connectivity index (χ1n) is 5.05. The van der Waals surface area contributed by atoms with E-state index in [1.54, 1.807) is 0 Å². The van der Waals surface area contributed by atoms with Crippen LogP contribution in [0, 0.1) is 0 Å². The molecule has 1 amide bonds. The third kappa shape index (κ3) is 9.86. The Balaban J connectivity index is 3.36. The molecular weight excluding hydrogens is 196 g/mol. The summed E-state index contributed by atoms with van der Waals surface area (Å²) in [5.41, 5.74) is -0.128. The first kappa shape index (κ1) is 13.8. The number of nitrogens with one attached hydrogen (secondary N) is 2. The minimum Gasteiger partial charge on any atom is -0.350 e. The van der Waals surface area contributed by atoms with Crippen LogP contribution in [-0.2, 0) is 4.79 Å². The number of carbonyl (C=O) groups is 1. The van der Waals surface area contributed by atoms with Gasteiger partial charge in [0.25, 0.3) is 0 Å². The van der Waals surface area contributed by atoms with Gasteiger partial charge in [-0.2, -0.15) is 11.8 Å². The van der Waals surface area contributed by atoms with Gasteiger partial charge in [-0.1, -0.05) is 6.92 Å². The molecule has 0 aromatic rings. The highest BCUT2D eigenvalue weighted by atomic mass is 32.2. The Hall–Kier alpha value is -0.220. The molecule has 0 saturated carbocycles. The molecule has 0 aromatic carbocycles. The van der Waals surface area contributed by atoms with Gasteiger partial charge in [0.15, 0.2) is 0 Å². The fourth-order valence-electron chi connectivity index (χ4n) is 0.953. The molecule has 0 spiro atoms. The zero-order valence-corrected chi connectivity index (χ0v) is 10.5. The Morgan fingerprint density at radius 3 is 2.50 bits per heavy atom. The van der Waals surface area contributed by atoms with Crippen LogP contribution >= 0.6 is 11.8 Å². The summed E-state index contributed by atoms with van der Waals surface area (Å²) in [6.07, 6.45) is 0. The maximum absolute atomic E-state index is 11.3. The van der Waals surface area contributed by atoms with E-state index in [1.165, 1.54) is 0 Å². The molecule has 0 rings (SSSR count). The highest BCUT2D eigenvalue weighted by Gasteiger charge is 2.12. The SMILES string of the molecule is CCSCCNCC(=O)NC(C)(C)C. The van der Waals surface area contributed by atoms with E-state index in [0.29, 0.717) is 6.54 Å². The topological polar surface area (TPSA) is 41.1 Å². The Bertz CT molecular complexity index is 166. The van der Waals surface area contributed by atoms with Gasteiger partial charge in [0.2, 0.25) is 5.91 Å². The fraction of sp³-hybridized carbons (Fsp3) is 0.900. The second-order valence-electron chi connectivity index (χ2n) is 4.17. The molecule has 0 radical (unpaired) electrons. The van der Waals surface area contributed by atoms with Crippen LogP contribution in [0.25, 0.3) is 0 Å². The van der Waals surface area contributed by atoms with Crippen molar-refractivity contribution in [3.8, 4) is 0 Å². The van der Waals surface area contributed by atoms with Crippen molar-refractivity contribution in [2.75, 3.05) is 24.6 Å². The number of hydrogen-bond donors (Lipinski definition) is 2. The molecule has 0 unspecified atom stereocenters. The molecule has 0 aliphatic carbocycles. The Morgan fingerprint density at radius 2 is 2.00 bits per heavy atom. The number of thioether (sulfide) groups is 1. The number of hydrogen-bond acceptors (Lipinski definition) is 3. The second-order valence-corrected chi connectivity index (χ2v) is 5.57. The van der Waals surface area contributed by atoms with Crippen LogP contribution in [0.3, 0.4) is 0 Å². The summed E-state index contributed by atoms with van der Waals surface area (Å²) >= 11 is 1.88. The van der Waals surface area contributed by atoms with Gasteiger partial charge < -0.3 is 10.6 Å². The quantitative estimate of drug-likeness (QED) is 0.659. The van der Waals surface area contributed by atoms with Gasteiger partial charge >= 0.3 is 0 Å². The van der Waals surface area contributed by atoms with Crippen molar-refractivity contribution >= 4 is 17.7 Å². The molecule has 0 atom stereocenters. The number of carbonyl (C=O) groups excluding carboxylic acids is 1. The highest BCUT2D eigenvalue weighted by molar-refractivity contribution is 7.99. The lowest BCUT2D eigenvalue weighted by Crippen LogP contribution is -2.45. The molecule has 0 aliphatic rings. The summed E-state index contributed by atoms with van der Waals surface area (Å²) in [6.45, 7) is 9.40. The third-order valence-electron chi connectivity index (χ3n) is 1.43. The molecular formula is C10H22N2OS. The van der Waals surface area contributed by atoms with Crippen molar-refractivity contribution in [2.24, 2.45) is 0 Å². The summed E-state index contributed by atoms with van der Waals surface area (Å²) in [5, 5.41) is 6.01. The maximum Gasteiger partial charge on any atom is 0.234 e. The van der Waals surface area contributed by atoms with Crippen molar-refractivity contribution in [3.63, 3.8) is 0 Å². The zero-order chi connectivity index (χ0) is 11.0. The van der Waals surface area contributed by atoms with E-state index in [9.17, 15) is 4.79 Å². The zero-order valence-electron chi connectivity index (χ0n) is 9.64. The maximum atomic E-state index is 11.3. The van der Waals surface area contributed by atoms with Crippen LogP contribution in [0.2, 0.25) is 0 Å². The van der Waals surface area contributed by atoms with E-state index in [-0.39, 0.29) is 11.4 Å². The summed E-state index contributed by atoms with van der Waals surface area (Å²) in [5.74, 6) is 2.27. The fourth-order valence-corrected chi connectivity index (χ4v) is 1.53. The van der Waals surface area contributed by atoms with Crippen molar-refractivity contribution in [2.45, 2.75) is 33.2 Å². The molecule has 14 heavy (non-hydrogen) atoms. The van der Waals surface area contributed by atoms with Gasteiger partial charge in [-0.05, 0) is 26.5 Å². The Morgan fingerprint density at radius 1 is 1.36 bits per heavy atom. The van der Waals surface area contributed by atoms with Crippen molar-refractivity contribution in [1.82, 2.24) is 10.6 Å². The van der Waals surface area contributed by atoms with Gasteiger partial charge in [0, 0.05) is 17.8 Å². The van der Waals surface area contributed by atoms with Crippen molar-refractivity contribution < 1.29 is 4.79 Å².